The number of likely N-dealkylation sites (tertiary alicyclic amines) is 1. The van der Waals surface area contributed by atoms with E-state index >= 15 is 0 Å². The first kappa shape index (κ1) is 18.9. The maximum Gasteiger partial charge on any atom is 0.258 e. The summed E-state index contributed by atoms with van der Waals surface area (Å²) in [6, 6.07) is 12.3. The van der Waals surface area contributed by atoms with E-state index in [-0.39, 0.29) is 18.6 Å². The third-order valence-electron chi connectivity index (χ3n) is 4.90. The van der Waals surface area contributed by atoms with Gasteiger partial charge in [0.15, 0.2) is 6.61 Å². The molecule has 1 N–H and O–H groups in total. The lowest BCUT2D eigenvalue weighted by molar-refractivity contribution is -0.123. The van der Waals surface area contributed by atoms with Crippen molar-refractivity contribution in [3.63, 3.8) is 0 Å². The lowest BCUT2D eigenvalue weighted by Gasteiger charge is -2.30. The van der Waals surface area contributed by atoms with E-state index in [2.05, 4.69) is 27.7 Å². The first-order valence-corrected chi connectivity index (χ1v) is 10.3. The minimum Gasteiger partial charge on any atom is -0.484 e. The van der Waals surface area contributed by atoms with Crippen molar-refractivity contribution in [2.45, 2.75) is 38.6 Å². The molecule has 1 saturated heterocycles. The zero-order chi connectivity index (χ0) is 18.2. The number of hydrogen-bond acceptors (Lipinski definition) is 4. The smallest absolute Gasteiger partial charge is 0.258 e. The zero-order valence-electron chi connectivity index (χ0n) is 15.4. The molecule has 0 radical (unpaired) electrons. The normalized spacial score (nSPS) is 16.7. The van der Waals surface area contributed by atoms with Crippen molar-refractivity contribution in [1.82, 2.24) is 10.2 Å². The van der Waals surface area contributed by atoms with Crippen LogP contribution in [0.1, 0.15) is 42.2 Å². The lowest BCUT2D eigenvalue weighted by atomic mass is 10.2. The van der Waals surface area contributed by atoms with Crippen LogP contribution in [0, 0.1) is 6.92 Å². The summed E-state index contributed by atoms with van der Waals surface area (Å²) in [4.78, 5) is 16.2. The molecule has 1 atom stereocenters. The highest BCUT2D eigenvalue weighted by Gasteiger charge is 2.23. The van der Waals surface area contributed by atoms with Gasteiger partial charge in [-0.1, -0.05) is 37.1 Å². The molecule has 0 spiro atoms. The Hall–Kier alpha value is -1.85. The molecule has 26 heavy (non-hydrogen) atoms. The average Bonchev–Trinajstić information content (AvgIpc) is 3.04. The van der Waals surface area contributed by atoms with E-state index < -0.39 is 0 Å². The first-order valence-electron chi connectivity index (χ1n) is 9.46. The van der Waals surface area contributed by atoms with Crippen LogP contribution in [0.15, 0.2) is 41.8 Å². The summed E-state index contributed by atoms with van der Waals surface area (Å²) in [6.45, 7) is 4.90. The summed E-state index contributed by atoms with van der Waals surface area (Å²) in [5.41, 5.74) is 1.04. The second-order valence-corrected chi connectivity index (χ2v) is 7.82. The zero-order valence-corrected chi connectivity index (χ0v) is 16.3. The summed E-state index contributed by atoms with van der Waals surface area (Å²) in [6.07, 6.45) is 5.10. The van der Waals surface area contributed by atoms with E-state index in [1.54, 1.807) is 11.3 Å². The predicted octanol–water partition coefficient (Wildman–Crippen LogP) is 4.17. The van der Waals surface area contributed by atoms with Gasteiger partial charge in [-0.05, 0) is 55.9 Å². The second kappa shape index (κ2) is 9.74. The van der Waals surface area contributed by atoms with Crippen LogP contribution in [0.2, 0.25) is 0 Å². The van der Waals surface area contributed by atoms with E-state index in [1.807, 2.05) is 31.2 Å². The molecule has 1 amide bonds. The van der Waals surface area contributed by atoms with Gasteiger partial charge in [-0.2, -0.15) is 0 Å². The Morgan fingerprint density at radius 1 is 1.15 bits per heavy atom. The van der Waals surface area contributed by atoms with Crippen LogP contribution in [0.5, 0.6) is 5.75 Å². The third-order valence-corrected chi connectivity index (χ3v) is 5.87. The minimum absolute atomic E-state index is 0.0576. The molecular weight excluding hydrogens is 344 g/mol. The van der Waals surface area contributed by atoms with Gasteiger partial charge in [0, 0.05) is 11.4 Å². The molecule has 1 fully saturated rings. The average molecular weight is 373 g/mol. The maximum atomic E-state index is 12.3. The molecule has 0 bridgehead atoms. The minimum atomic E-state index is -0.0652. The molecule has 1 aromatic heterocycles. The van der Waals surface area contributed by atoms with Crippen LogP contribution in [0.3, 0.4) is 0 Å². The number of aryl methyl sites for hydroxylation is 1. The summed E-state index contributed by atoms with van der Waals surface area (Å²) in [5, 5.41) is 5.19. The summed E-state index contributed by atoms with van der Waals surface area (Å²) >= 11 is 1.77. The quantitative estimate of drug-likeness (QED) is 0.793. The highest BCUT2D eigenvalue weighted by molar-refractivity contribution is 7.10. The molecule has 3 rings (SSSR count). The number of nitrogens with one attached hydrogen (secondary N) is 1. The molecule has 0 saturated carbocycles. The fourth-order valence-corrected chi connectivity index (χ4v) is 4.28. The monoisotopic (exact) mass is 372 g/mol. The van der Waals surface area contributed by atoms with Crippen molar-refractivity contribution in [2.24, 2.45) is 0 Å². The topological polar surface area (TPSA) is 41.6 Å². The Balaban J connectivity index is 1.55. The Kier molecular flexibility index (Phi) is 7.09. The summed E-state index contributed by atoms with van der Waals surface area (Å²) in [7, 11) is 0. The molecular formula is C21H28N2O2S. The van der Waals surface area contributed by atoms with Crippen molar-refractivity contribution in [2.75, 3.05) is 26.2 Å². The lowest BCUT2D eigenvalue weighted by Crippen LogP contribution is -2.39. The predicted molar refractivity (Wildman–Crippen MR) is 107 cm³/mol. The largest absolute Gasteiger partial charge is 0.484 e. The number of carbonyl (C=O) groups excluding carboxylic acids is 1. The van der Waals surface area contributed by atoms with Gasteiger partial charge in [-0.3, -0.25) is 9.69 Å². The van der Waals surface area contributed by atoms with E-state index in [9.17, 15) is 4.79 Å². The Labute approximate surface area is 160 Å². The van der Waals surface area contributed by atoms with E-state index in [1.165, 1.54) is 30.6 Å². The fourth-order valence-electron chi connectivity index (χ4n) is 3.42. The Morgan fingerprint density at radius 2 is 1.92 bits per heavy atom. The number of para-hydroxylation sites is 1. The Bertz CT molecular complexity index is 679. The molecule has 1 unspecified atom stereocenters. The van der Waals surface area contributed by atoms with Crippen molar-refractivity contribution in [1.29, 1.82) is 0 Å². The third kappa shape index (κ3) is 5.32. The number of hydrogen-bond donors (Lipinski definition) is 1. The van der Waals surface area contributed by atoms with Gasteiger partial charge in [0.1, 0.15) is 5.75 Å². The number of thiophene rings is 1. The number of carbonyl (C=O) groups is 1. The number of nitrogens with zero attached hydrogens (tertiary/aromatic N) is 1. The number of amides is 1. The number of benzene rings is 1. The SMILES string of the molecule is Cc1ccccc1OCC(=O)NCC(c1cccs1)N1CCCCCC1. The van der Waals surface area contributed by atoms with E-state index in [4.69, 9.17) is 4.74 Å². The van der Waals surface area contributed by atoms with Gasteiger partial charge in [-0.25, -0.2) is 0 Å². The molecule has 4 nitrogen and oxygen atoms in total. The molecule has 1 aromatic carbocycles. The van der Waals surface area contributed by atoms with Crippen LogP contribution in [-0.2, 0) is 4.79 Å². The van der Waals surface area contributed by atoms with E-state index in [0.717, 1.165) is 24.4 Å². The van der Waals surface area contributed by atoms with Crippen LogP contribution < -0.4 is 10.1 Å². The highest BCUT2D eigenvalue weighted by Crippen LogP contribution is 2.27. The molecule has 2 aromatic rings. The van der Waals surface area contributed by atoms with Gasteiger partial charge < -0.3 is 10.1 Å². The van der Waals surface area contributed by atoms with Crippen molar-refractivity contribution in [3.05, 3.63) is 52.2 Å². The molecule has 1 aliphatic rings. The summed E-state index contributed by atoms with van der Waals surface area (Å²) < 4.78 is 5.66. The van der Waals surface area contributed by atoms with Gasteiger partial charge in [0.2, 0.25) is 0 Å². The number of rotatable bonds is 7. The molecule has 1 aliphatic heterocycles. The van der Waals surface area contributed by atoms with Crippen molar-refractivity contribution in [3.8, 4) is 5.75 Å². The van der Waals surface area contributed by atoms with Crippen molar-refractivity contribution < 1.29 is 9.53 Å². The van der Waals surface area contributed by atoms with E-state index in [0.29, 0.717) is 6.54 Å². The first-order chi connectivity index (χ1) is 12.7. The van der Waals surface area contributed by atoms with Crippen LogP contribution in [0.25, 0.3) is 0 Å². The van der Waals surface area contributed by atoms with Gasteiger partial charge >= 0.3 is 0 Å². The van der Waals surface area contributed by atoms with Crippen LogP contribution in [-0.4, -0.2) is 37.0 Å². The highest BCUT2D eigenvalue weighted by atomic mass is 32.1. The van der Waals surface area contributed by atoms with Crippen LogP contribution in [0.4, 0.5) is 0 Å². The maximum absolute atomic E-state index is 12.3. The van der Waals surface area contributed by atoms with Crippen LogP contribution >= 0.6 is 11.3 Å². The summed E-state index contributed by atoms with van der Waals surface area (Å²) in [5.74, 6) is 0.703. The fraction of sp³-hybridized carbons (Fsp3) is 0.476. The molecule has 2 heterocycles. The van der Waals surface area contributed by atoms with Gasteiger partial charge in [0.25, 0.3) is 5.91 Å². The van der Waals surface area contributed by atoms with Crippen molar-refractivity contribution >= 4 is 17.2 Å². The number of ether oxygens (including phenoxy) is 1. The standard InChI is InChI=1S/C21H28N2O2S/c1-17-9-4-5-10-19(17)25-16-21(24)22-15-18(20-11-8-14-26-20)23-12-6-2-3-7-13-23/h4-5,8-11,14,18H,2-3,6-7,12-13,15-16H2,1H3,(H,22,24). The molecule has 5 heteroatoms. The van der Waals surface area contributed by atoms with Gasteiger partial charge in [-0.15, -0.1) is 11.3 Å². The van der Waals surface area contributed by atoms with Gasteiger partial charge in [0.05, 0.1) is 6.04 Å². The second-order valence-electron chi connectivity index (χ2n) is 6.84. The Morgan fingerprint density at radius 3 is 2.62 bits per heavy atom. The molecule has 140 valence electrons. The molecule has 0 aliphatic carbocycles.